The zero-order valence-electron chi connectivity index (χ0n) is 13.3. The topological polar surface area (TPSA) is 71.3 Å². The van der Waals surface area contributed by atoms with Crippen LogP contribution in [0.3, 0.4) is 0 Å². The Balaban J connectivity index is 1.86. The van der Waals surface area contributed by atoms with Crippen molar-refractivity contribution in [3.63, 3.8) is 0 Å². The standard InChI is InChI=1S/C17H10ClF3N2O3S/c18-14-6-5-13(27-14)16(25)23-11-4-3-9(8-10(11)17(19,20)21)22-15(24)12-2-1-7-26-12/h1-8H,(H,22,24)(H,23,25). The van der Waals surface area contributed by atoms with E-state index in [0.717, 1.165) is 23.5 Å². The van der Waals surface area contributed by atoms with Gasteiger partial charge in [0, 0.05) is 5.69 Å². The van der Waals surface area contributed by atoms with Crippen LogP contribution in [0, 0.1) is 0 Å². The molecule has 0 unspecified atom stereocenters. The number of anilines is 2. The van der Waals surface area contributed by atoms with Gasteiger partial charge >= 0.3 is 6.18 Å². The van der Waals surface area contributed by atoms with Crippen molar-refractivity contribution in [1.82, 2.24) is 0 Å². The van der Waals surface area contributed by atoms with E-state index in [9.17, 15) is 22.8 Å². The second kappa shape index (κ2) is 7.45. The number of hydrogen-bond acceptors (Lipinski definition) is 4. The summed E-state index contributed by atoms with van der Waals surface area (Å²) in [6, 6.07) is 8.78. The van der Waals surface area contributed by atoms with E-state index in [1.165, 1.54) is 36.6 Å². The lowest BCUT2D eigenvalue weighted by molar-refractivity contribution is -0.136. The highest BCUT2D eigenvalue weighted by Crippen LogP contribution is 2.37. The number of carbonyl (C=O) groups excluding carboxylic acids is 2. The van der Waals surface area contributed by atoms with E-state index in [0.29, 0.717) is 4.34 Å². The van der Waals surface area contributed by atoms with E-state index in [1.54, 1.807) is 0 Å². The van der Waals surface area contributed by atoms with Gasteiger partial charge in [-0.25, -0.2) is 0 Å². The molecule has 0 atom stereocenters. The van der Waals surface area contributed by atoms with Crippen molar-refractivity contribution >= 4 is 46.1 Å². The second-order valence-electron chi connectivity index (χ2n) is 5.25. The lowest BCUT2D eigenvalue weighted by Crippen LogP contribution is -2.17. The summed E-state index contributed by atoms with van der Waals surface area (Å²) in [5, 5.41) is 4.53. The van der Waals surface area contributed by atoms with Gasteiger partial charge in [0.2, 0.25) is 0 Å². The van der Waals surface area contributed by atoms with E-state index < -0.39 is 29.2 Å². The normalized spacial score (nSPS) is 11.3. The van der Waals surface area contributed by atoms with Crippen molar-refractivity contribution in [3.8, 4) is 0 Å². The number of amides is 2. The summed E-state index contributed by atoms with van der Waals surface area (Å²) in [4.78, 5) is 24.2. The molecule has 2 heterocycles. The Morgan fingerprint density at radius 2 is 1.81 bits per heavy atom. The number of thiophene rings is 1. The Morgan fingerprint density at radius 1 is 1.04 bits per heavy atom. The summed E-state index contributed by atoms with van der Waals surface area (Å²) < 4.78 is 45.4. The molecule has 27 heavy (non-hydrogen) atoms. The number of rotatable bonds is 4. The number of nitrogens with one attached hydrogen (secondary N) is 2. The quantitative estimate of drug-likeness (QED) is 0.590. The smallest absolute Gasteiger partial charge is 0.418 e. The van der Waals surface area contributed by atoms with Crippen LogP contribution in [-0.4, -0.2) is 11.8 Å². The average Bonchev–Trinajstić information content (AvgIpc) is 3.26. The fourth-order valence-electron chi connectivity index (χ4n) is 2.19. The first-order valence-electron chi connectivity index (χ1n) is 7.37. The van der Waals surface area contributed by atoms with Crippen LogP contribution in [0.5, 0.6) is 0 Å². The highest BCUT2D eigenvalue weighted by Gasteiger charge is 2.34. The van der Waals surface area contributed by atoms with Crippen molar-refractivity contribution in [2.45, 2.75) is 6.18 Å². The van der Waals surface area contributed by atoms with Crippen LogP contribution in [0.15, 0.2) is 53.1 Å². The average molecular weight is 415 g/mol. The molecule has 0 saturated carbocycles. The van der Waals surface area contributed by atoms with Gasteiger partial charge in [-0.05, 0) is 42.5 Å². The fourth-order valence-corrected chi connectivity index (χ4v) is 3.12. The van der Waals surface area contributed by atoms with E-state index in [1.807, 2.05) is 0 Å². The molecule has 2 amide bonds. The van der Waals surface area contributed by atoms with E-state index in [4.69, 9.17) is 16.0 Å². The van der Waals surface area contributed by atoms with Crippen molar-refractivity contribution in [1.29, 1.82) is 0 Å². The largest absolute Gasteiger partial charge is 0.459 e. The van der Waals surface area contributed by atoms with Crippen molar-refractivity contribution in [3.05, 3.63) is 69.3 Å². The van der Waals surface area contributed by atoms with Gasteiger partial charge in [0.15, 0.2) is 5.76 Å². The van der Waals surface area contributed by atoms with Crippen LogP contribution in [-0.2, 0) is 6.18 Å². The van der Waals surface area contributed by atoms with E-state index in [2.05, 4.69) is 10.6 Å². The number of benzene rings is 1. The molecule has 1 aromatic carbocycles. The lowest BCUT2D eigenvalue weighted by atomic mass is 10.1. The minimum Gasteiger partial charge on any atom is -0.459 e. The number of furan rings is 1. The molecule has 0 aliphatic rings. The van der Waals surface area contributed by atoms with E-state index >= 15 is 0 Å². The van der Waals surface area contributed by atoms with Crippen LogP contribution in [0.2, 0.25) is 4.34 Å². The third-order valence-corrected chi connectivity index (χ3v) is 4.60. The van der Waals surface area contributed by atoms with Gasteiger partial charge in [0.1, 0.15) is 0 Å². The van der Waals surface area contributed by atoms with Crippen molar-refractivity contribution in [2.75, 3.05) is 10.6 Å². The molecule has 0 bridgehead atoms. The molecule has 140 valence electrons. The summed E-state index contributed by atoms with van der Waals surface area (Å²) in [5.74, 6) is -1.46. The fraction of sp³-hybridized carbons (Fsp3) is 0.0588. The summed E-state index contributed by atoms with van der Waals surface area (Å²) in [7, 11) is 0. The summed E-state index contributed by atoms with van der Waals surface area (Å²) in [6.07, 6.45) is -3.48. The van der Waals surface area contributed by atoms with Crippen LogP contribution in [0.25, 0.3) is 0 Å². The van der Waals surface area contributed by atoms with Gasteiger partial charge < -0.3 is 15.1 Å². The first-order chi connectivity index (χ1) is 12.7. The molecule has 0 aliphatic heterocycles. The molecule has 0 fully saturated rings. The molecule has 0 aliphatic carbocycles. The lowest BCUT2D eigenvalue weighted by Gasteiger charge is -2.15. The van der Waals surface area contributed by atoms with Crippen LogP contribution >= 0.6 is 22.9 Å². The van der Waals surface area contributed by atoms with Gasteiger partial charge in [-0.1, -0.05) is 11.6 Å². The maximum Gasteiger partial charge on any atom is 0.418 e. The molecule has 2 aromatic heterocycles. The number of hydrogen-bond donors (Lipinski definition) is 2. The summed E-state index contributed by atoms with van der Waals surface area (Å²) in [5.41, 5.74) is -1.63. The first-order valence-corrected chi connectivity index (χ1v) is 8.56. The molecule has 3 aromatic rings. The molecule has 0 spiro atoms. The van der Waals surface area contributed by atoms with Gasteiger partial charge in [-0.2, -0.15) is 13.2 Å². The van der Waals surface area contributed by atoms with Crippen molar-refractivity contribution < 1.29 is 27.2 Å². The Labute approximate surface area is 159 Å². The third kappa shape index (κ3) is 4.50. The summed E-state index contributed by atoms with van der Waals surface area (Å²) >= 11 is 6.68. The number of halogens is 4. The maximum atomic E-state index is 13.4. The van der Waals surface area contributed by atoms with Gasteiger partial charge in [0.25, 0.3) is 11.8 Å². The summed E-state index contributed by atoms with van der Waals surface area (Å²) in [6.45, 7) is 0. The highest BCUT2D eigenvalue weighted by molar-refractivity contribution is 7.18. The molecular formula is C17H10ClF3N2O3S. The molecule has 2 N–H and O–H groups in total. The Hall–Kier alpha value is -2.78. The zero-order valence-corrected chi connectivity index (χ0v) is 14.8. The SMILES string of the molecule is O=C(Nc1ccc(NC(=O)c2ccc(Cl)s2)c(C(F)(F)F)c1)c1ccco1. The number of carbonyl (C=O) groups is 2. The third-order valence-electron chi connectivity index (χ3n) is 3.37. The van der Waals surface area contributed by atoms with Crippen LogP contribution in [0.1, 0.15) is 25.8 Å². The van der Waals surface area contributed by atoms with Gasteiger partial charge in [0.05, 0.1) is 26.7 Å². The highest BCUT2D eigenvalue weighted by atomic mass is 35.5. The predicted molar refractivity (Wildman–Crippen MR) is 95.4 cm³/mol. The molecule has 3 rings (SSSR count). The van der Waals surface area contributed by atoms with E-state index in [-0.39, 0.29) is 16.3 Å². The monoisotopic (exact) mass is 414 g/mol. The number of alkyl halides is 3. The van der Waals surface area contributed by atoms with Crippen molar-refractivity contribution in [2.24, 2.45) is 0 Å². The van der Waals surface area contributed by atoms with Crippen LogP contribution in [0.4, 0.5) is 24.5 Å². The zero-order chi connectivity index (χ0) is 19.6. The maximum absolute atomic E-state index is 13.4. The minimum absolute atomic E-state index is 0.0458. The van der Waals surface area contributed by atoms with Gasteiger partial charge in [-0.3, -0.25) is 9.59 Å². The first kappa shape index (κ1) is 19.0. The Bertz CT molecular complexity index is 984. The predicted octanol–water partition coefficient (Wildman–Crippen LogP) is 5.52. The second-order valence-corrected chi connectivity index (χ2v) is 6.96. The molecular weight excluding hydrogens is 405 g/mol. The molecule has 10 heteroatoms. The molecule has 0 radical (unpaired) electrons. The minimum atomic E-state index is -4.75. The Morgan fingerprint density at radius 3 is 2.41 bits per heavy atom. The van der Waals surface area contributed by atoms with Crippen LogP contribution < -0.4 is 10.6 Å². The molecule has 0 saturated heterocycles. The molecule has 5 nitrogen and oxygen atoms in total. The van der Waals surface area contributed by atoms with Gasteiger partial charge in [-0.15, -0.1) is 11.3 Å². The Kier molecular flexibility index (Phi) is 5.24.